The molecule has 0 spiro atoms. The maximum absolute atomic E-state index is 12.6. The Balaban J connectivity index is 1.94. The molecule has 1 heterocycles. The Bertz CT molecular complexity index is 831. The molecule has 0 saturated carbocycles. The van der Waals surface area contributed by atoms with Crippen molar-refractivity contribution in [3.8, 4) is 5.75 Å². The first kappa shape index (κ1) is 20.4. The van der Waals surface area contributed by atoms with Gasteiger partial charge in [-0.1, -0.05) is 6.07 Å². The van der Waals surface area contributed by atoms with Gasteiger partial charge in [-0.2, -0.15) is 5.10 Å². The van der Waals surface area contributed by atoms with Gasteiger partial charge in [-0.05, 0) is 40.0 Å². The number of nitrogens with zero attached hydrogens (tertiary/aromatic N) is 3. The summed E-state index contributed by atoms with van der Waals surface area (Å²) in [4.78, 5) is 26.5. The van der Waals surface area contributed by atoms with Crippen LogP contribution in [0.5, 0.6) is 5.75 Å². The number of carbonyl (C=O) groups is 2. The third kappa shape index (κ3) is 5.07. The molecule has 0 fully saturated rings. The summed E-state index contributed by atoms with van der Waals surface area (Å²) in [5.74, 6) is 0.265. The van der Waals surface area contributed by atoms with E-state index < -0.39 is 6.04 Å². The number of hydrogen-bond donors (Lipinski definition) is 2. The van der Waals surface area contributed by atoms with E-state index in [2.05, 4.69) is 15.7 Å². The Morgan fingerprint density at radius 2 is 2.00 bits per heavy atom. The van der Waals surface area contributed by atoms with Gasteiger partial charge in [0.15, 0.2) is 0 Å². The predicted molar refractivity (Wildman–Crippen MR) is 105 cm³/mol. The normalized spacial score (nSPS) is 12.0. The summed E-state index contributed by atoms with van der Waals surface area (Å²) >= 11 is 0. The molecule has 8 nitrogen and oxygen atoms in total. The number of benzene rings is 1. The Morgan fingerprint density at radius 1 is 1.30 bits per heavy atom. The molecular weight excluding hydrogens is 346 g/mol. The fourth-order valence-electron chi connectivity index (χ4n) is 2.65. The zero-order valence-electron chi connectivity index (χ0n) is 16.7. The average Bonchev–Trinajstić information content (AvgIpc) is 2.87. The van der Waals surface area contributed by atoms with Crippen LogP contribution in [0.15, 0.2) is 24.3 Å². The zero-order valence-corrected chi connectivity index (χ0v) is 16.7. The molecule has 2 N–H and O–H groups in total. The molecule has 1 aromatic carbocycles. The van der Waals surface area contributed by atoms with Gasteiger partial charge in [0.25, 0.3) is 0 Å². The minimum Gasteiger partial charge on any atom is -0.497 e. The van der Waals surface area contributed by atoms with Crippen LogP contribution in [0.3, 0.4) is 0 Å². The fraction of sp³-hybridized carbons (Fsp3) is 0.421. The molecule has 0 aliphatic rings. The Hall–Kier alpha value is -2.87. The lowest BCUT2D eigenvalue weighted by Crippen LogP contribution is -2.43. The Labute approximate surface area is 159 Å². The van der Waals surface area contributed by atoms with E-state index in [1.807, 2.05) is 20.9 Å². The summed E-state index contributed by atoms with van der Waals surface area (Å²) in [6, 6.07) is 6.63. The predicted octanol–water partition coefficient (Wildman–Crippen LogP) is 1.94. The molecule has 2 aromatic rings. The van der Waals surface area contributed by atoms with E-state index in [-0.39, 0.29) is 18.4 Å². The van der Waals surface area contributed by atoms with Crippen molar-refractivity contribution in [3.05, 3.63) is 35.7 Å². The molecule has 1 atom stereocenters. The summed E-state index contributed by atoms with van der Waals surface area (Å²) in [6.07, 6.45) is 0. The molecule has 0 bridgehead atoms. The number of anilines is 2. The van der Waals surface area contributed by atoms with Gasteiger partial charge in [0.2, 0.25) is 11.8 Å². The number of methoxy groups -OCH3 is 1. The van der Waals surface area contributed by atoms with Gasteiger partial charge < -0.3 is 15.4 Å². The van der Waals surface area contributed by atoms with Gasteiger partial charge in [-0.15, -0.1) is 0 Å². The van der Waals surface area contributed by atoms with Crippen LogP contribution in [0.25, 0.3) is 0 Å². The minimum atomic E-state index is -0.486. The van der Waals surface area contributed by atoms with Gasteiger partial charge in [0.05, 0.1) is 36.8 Å². The summed E-state index contributed by atoms with van der Waals surface area (Å²) in [6.45, 7) is 5.58. The smallest absolute Gasteiger partial charge is 0.241 e. The second-order valence-corrected chi connectivity index (χ2v) is 6.53. The number of nitrogens with one attached hydrogen (secondary N) is 2. The van der Waals surface area contributed by atoms with Crippen LogP contribution in [0.2, 0.25) is 0 Å². The first-order chi connectivity index (χ1) is 12.7. The molecule has 0 radical (unpaired) electrons. The van der Waals surface area contributed by atoms with Crippen molar-refractivity contribution in [2.75, 3.05) is 31.3 Å². The third-order valence-electron chi connectivity index (χ3n) is 4.54. The number of aromatic nitrogens is 2. The van der Waals surface area contributed by atoms with E-state index in [1.165, 1.54) is 0 Å². The van der Waals surface area contributed by atoms with Crippen LogP contribution in [0, 0.1) is 13.8 Å². The van der Waals surface area contributed by atoms with Gasteiger partial charge >= 0.3 is 0 Å². The molecular formula is C19H27N5O3. The van der Waals surface area contributed by atoms with Gasteiger partial charge in [0, 0.05) is 18.8 Å². The fourth-order valence-corrected chi connectivity index (χ4v) is 2.65. The molecule has 0 aliphatic carbocycles. The van der Waals surface area contributed by atoms with Crippen molar-refractivity contribution in [2.45, 2.75) is 26.8 Å². The van der Waals surface area contributed by atoms with Gasteiger partial charge in [0.1, 0.15) is 5.75 Å². The van der Waals surface area contributed by atoms with Crippen LogP contribution in [0.4, 0.5) is 11.4 Å². The first-order valence-corrected chi connectivity index (χ1v) is 8.68. The lowest BCUT2D eigenvalue weighted by atomic mass is 10.2. The van der Waals surface area contributed by atoms with E-state index in [4.69, 9.17) is 4.74 Å². The van der Waals surface area contributed by atoms with Crippen LogP contribution in [0.1, 0.15) is 18.3 Å². The summed E-state index contributed by atoms with van der Waals surface area (Å²) < 4.78 is 6.87. The lowest BCUT2D eigenvalue weighted by molar-refractivity contribution is -0.122. The molecule has 1 aromatic heterocycles. The highest BCUT2D eigenvalue weighted by Crippen LogP contribution is 2.19. The lowest BCUT2D eigenvalue weighted by Gasteiger charge is -2.23. The van der Waals surface area contributed by atoms with Crippen LogP contribution < -0.4 is 15.4 Å². The van der Waals surface area contributed by atoms with Crippen molar-refractivity contribution >= 4 is 23.2 Å². The number of hydrogen-bond acceptors (Lipinski definition) is 5. The summed E-state index contributed by atoms with van der Waals surface area (Å²) in [7, 11) is 5.13. The average molecular weight is 373 g/mol. The molecule has 0 saturated heterocycles. The van der Waals surface area contributed by atoms with E-state index >= 15 is 0 Å². The molecule has 146 valence electrons. The van der Waals surface area contributed by atoms with Crippen molar-refractivity contribution < 1.29 is 14.3 Å². The monoisotopic (exact) mass is 373 g/mol. The SMILES string of the molecule is COc1cccc(NC(=O)CN(C)[C@H](C)C(=O)Nc2c(C)nn(C)c2C)c1. The number of carbonyl (C=O) groups excluding carboxylic acids is 2. The third-order valence-corrected chi connectivity index (χ3v) is 4.54. The van der Waals surface area contributed by atoms with E-state index in [0.29, 0.717) is 17.1 Å². The molecule has 0 unspecified atom stereocenters. The molecule has 2 amide bonds. The number of amides is 2. The molecule has 8 heteroatoms. The van der Waals surface area contributed by atoms with Crippen LogP contribution in [-0.4, -0.2) is 53.2 Å². The summed E-state index contributed by atoms with van der Waals surface area (Å²) in [5, 5.41) is 10.0. The minimum absolute atomic E-state index is 0.0802. The van der Waals surface area contributed by atoms with Crippen LogP contribution >= 0.6 is 0 Å². The van der Waals surface area contributed by atoms with Crippen molar-refractivity contribution in [3.63, 3.8) is 0 Å². The first-order valence-electron chi connectivity index (χ1n) is 8.68. The van der Waals surface area contributed by atoms with Crippen LogP contribution in [-0.2, 0) is 16.6 Å². The van der Waals surface area contributed by atoms with Gasteiger partial charge in [-0.3, -0.25) is 19.2 Å². The maximum Gasteiger partial charge on any atom is 0.241 e. The molecule has 2 rings (SSSR count). The van der Waals surface area contributed by atoms with E-state index in [1.54, 1.807) is 54.9 Å². The highest BCUT2D eigenvalue weighted by atomic mass is 16.5. The van der Waals surface area contributed by atoms with Crippen molar-refractivity contribution in [2.24, 2.45) is 7.05 Å². The Kier molecular flexibility index (Phi) is 6.57. The number of likely N-dealkylation sites (N-methyl/N-ethyl adjacent to an activating group) is 1. The number of aryl methyl sites for hydroxylation is 2. The van der Waals surface area contributed by atoms with E-state index in [9.17, 15) is 9.59 Å². The second-order valence-electron chi connectivity index (χ2n) is 6.53. The maximum atomic E-state index is 12.6. The van der Waals surface area contributed by atoms with Gasteiger partial charge in [-0.25, -0.2) is 0 Å². The number of ether oxygens (including phenoxy) is 1. The van der Waals surface area contributed by atoms with Crippen molar-refractivity contribution in [1.29, 1.82) is 0 Å². The standard InChI is InChI=1S/C19H27N5O3/c1-12-18(13(2)24(5)22-12)21-19(26)14(3)23(4)11-17(25)20-15-8-7-9-16(10-15)27-6/h7-10,14H,11H2,1-6H3,(H,20,25)(H,21,26)/t14-/m1/s1. The molecule has 27 heavy (non-hydrogen) atoms. The molecule has 0 aliphatic heterocycles. The Morgan fingerprint density at radius 3 is 2.59 bits per heavy atom. The van der Waals surface area contributed by atoms with E-state index in [0.717, 1.165) is 11.4 Å². The second kappa shape index (κ2) is 8.68. The highest BCUT2D eigenvalue weighted by molar-refractivity contribution is 5.97. The zero-order chi connectivity index (χ0) is 20.1. The summed E-state index contributed by atoms with van der Waals surface area (Å²) in [5.41, 5.74) is 3.00. The largest absolute Gasteiger partial charge is 0.497 e. The van der Waals surface area contributed by atoms with Crippen molar-refractivity contribution in [1.82, 2.24) is 14.7 Å². The topological polar surface area (TPSA) is 88.5 Å². The highest BCUT2D eigenvalue weighted by Gasteiger charge is 2.22. The quantitative estimate of drug-likeness (QED) is 0.774. The number of rotatable bonds is 7.